The fourth-order valence-electron chi connectivity index (χ4n) is 1.50. The van der Waals surface area contributed by atoms with Crippen molar-refractivity contribution in [3.05, 3.63) is 41.3 Å². The fraction of sp³-hybridized carbons (Fsp3) is 0.231. The molecule has 0 unspecified atom stereocenters. The summed E-state index contributed by atoms with van der Waals surface area (Å²) in [6.45, 7) is 0.758. The zero-order valence-electron chi connectivity index (χ0n) is 11.1. The Labute approximate surface area is 131 Å². The first-order chi connectivity index (χ1) is 10.2. The molecule has 0 saturated heterocycles. The molecule has 2 aromatic heterocycles. The Morgan fingerprint density at radius 2 is 2.10 bits per heavy atom. The predicted molar refractivity (Wildman–Crippen MR) is 83.6 cm³/mol. The van der Waals surface area contributed by atoms with Crippen LogP contribution in [-0.4, -0.2) is 33.2 Å². The van der Waals surface area contributed by atoms with Gasteiger partial charge in [0.25, 0.3) is 0 Å². The molecule has 0 aliphatic carbocycles. The van der Waals surface area contributed by atoms with Crippen molar-refractivity contribution in [3.63, 3.8) is 0 Å². The highest BCUT2D eigenvalue weighted by atomic mass is 35.5. The molecule has 21 heavy (non-hydrogen) atoms. The van der Waals surface area contributed by atoms with Crippen LogP contribution in [0.15, 0.2) is 35.7 Å². The van der Waals surface area contributed by atoms with E-state index in [9.17, 15) is 4.79 Å². The number of rotatable bonds is 7. The molecule has 2 aromatic rings. The standard InChI is InChI=1S/C13H14ClN5OS/c14-10-7-9(11(15)20)8-19-12(10)21-6-2-5-18-13-16-3-1-4-17-13/h1,3-4,7-8H,2,5-6H2,(H2,15,20)(H,16,17,18). The van der Waals surface area contributed by atoms with E-state index in [4.69, 9.17) is 17.3 Å². The smallest absolute Gasteiger partial charge is 0.250 e. The first-order valence-corrected chi connectivity index (χ1v) is 7.62. The average molecular weight is 324 g/mol. The lowest BCUT2D eigenvalue weighted by atomic mass is 10.3. The highest BCUT2D eigenvalue weighted by Crippen LogP contribution is 2.25. The number of pyridine rings is 1. The topological polar surface area (TPSA) is 93.8 Å². The van der Waals surface area contributed by atoms with Crippen LogP contribution in [0.2, 0.25) is 5.02 Å². The predicted octanol–water partition coefficient (Wildman–Crippen LogP) is 2.22. The van der Waals surface area contributed by atoms with Gasteiger partial charge in [-0.25, -0.2) is 15.0 Å². The molecule has 0 saturated carbocycles. The van der Waals surface area contributed by atoms with Gasteiger partial charge in [-0.1, -0.05) is 11.6 Å². The van der Waals surface area contributed by atoms with Crippen molar-refractivity contribution < 1.29 is 4.79 Å². The molecule has 0 aromatic carbocycles. The summed E-state index contributed by atoms with van der Waals surface area (Å²) in [5.41, 5.74) is 5.48. The SMILES string of the molecule is NC(=O)c1cnc(SCCCNc2ncccn2)c(Cl)c1. The third-order valence-electron chi connectivity index (χ3n) is 2.50. The first-order valence-electron chi connectivity index (χ1n) is 6.26. The number of halogens is 1. The first kappa shape index (κ1) is 15.5. The van der Waals surface area contributed by atoms with E-state index in [-0.39, 0.29) is 0 Å². The van der Waals surface area contributed by atoms with Crippen molar-refractivity contribution in [2.24, 2.45) is 5.73 Å². The van der Waals surface area contributed by atoms with Crippen LogP contribution in [0.1, 0.15) is 16.8 Å². The molecule has 0 spiro atoms. The summed E-state index contributed by atoms with van der Waals surface area (Å²) in [6.07, 6.45) is 5.72. The summed E-state index contributed by atoms with van der Waals surface area (Å²) >= 11 is 7.58. The highest BCUT2D eigenvalue weighted by molar-refractivity contribution is 7.99. The molecular formula is C13H14ClN5OS. The van der Waals surface area contributed by atoms with Crippen LogP contribution >= 0.6 is 23.4 Å². The molecule has 0 aliphatic rings. The van der Waals surface area contributed by atoms with Gasteiger partial charge in [0.05, 0.1) is 10.6 Å². The quantitative estimate of drug-likeness (QED) is 0.599. The van der Waals surface area contributed by atoms with E-state index in [1.54, 1.807) is 18.5 Å². The number of aromatic nitrogens is 3. The van der Waals surface area contributed by atoms with Gasteiger partial charge in [-0.15, -0.1) is 11.8 Å². The molecule has 8 heteroatoms. The monoisotopic (exact) mass is 323 g/mol. The minimum absolute atomic E-state index is 0.312. The Balaban J connectivity index is 1.75. The molecule has 3 N–H and O–H groups in total. The zero-order chi connectivity index (χ0) is 15.1. The van der Waals surface area contributed by atoms with E-state index in [0.29, 0.717) is 21.6 Å². The molecule has 0 radical (unpaired) electrons. The van der Waals surface area contributed by atoms with Gasteiger partial charge in [-0.05, 0) is 18.6 Å². The number of primary amides is 1. The molecule has 2 heterocycles. The second kappa shape index (κ2) is 7.80. The number of thioether (sulfide) groups is 1. The van der Waals surface area contributed by atoms with E-state index in [2.05, 4.69) is 20.3 Å². The number of hydrogen-bond donors (Lipinski definition) is 2. The lowest BCUT2D eigenvalue weighted by molar-refractivity contribution is 0.1000. The third-order valence-corrected chi connectivity index (χ3v) is 3.99. The minimum atomic E-state index is -0.534. The number of hydrogen-bond acceptors (Lipinski definition) is 6. The van der Waals surface area contributed by atoms with Crippen LogP contribution in [0.25, 0.3) is 0 Å². The molecular weight excluding hydrogens is 310 g/mol. The molecule has 0 aliphatic heterocycles. The Kier molecular flexibility index (Phi) is 5.77. The largest absolute Gasteiger partial charge is 0.366 e. The number of nitrogens with one attached hydrogen (secondary N) is 1. The number of carbonyl (C=O) groups excluding carboxylic acids is 1. The molecule has 6 nitrogen and oxygen atoms in total. The van der Waals surface area contributed by atoms with Gasteiger partial charge in [-0.3, -0.25) is 4.79 Å². The van der Waals surface area contributed by atoms with Crippen molar-refractivity contribution in [2.45, 2.75) is 11.4 Å². The maximum Gasteiger partial charge on any atom is 0.250 e. The number of carbonyl (C=O) groups is 1. The van der Waals surface area contributed by atoms with Gasteiger partial charge < -0.3 is 11.1 Å². The van der Waals surface area contributed by atoms with Gasteiger partial charge in [0.1, 0.15) is 5.03 Å². The molecule has 110 valence electrons. The molecule has 1 amide bonds. The van der Waals surface area contributed by atoms with Crippen molar-refractivity contribution >= 4 is 35.2 Å². The van der Waals surface area contributed by atoms with E-state index >= 15 is 0 Å². The fourth-order valence-corrected chi connectivity index (χ4v) is 2.63. The average Bonchev–Trinajstić information content (AvgIpc) is 2.49. The highest BCUT2D eigenvalue weighted by Gasteiger charge is 2.07. The number of anilines is 1. The second-order valence-electron chi connectivity index (χ2n) is 4.08. The number of nitrogens with two attached hydrogens (primary N) is 1. The summed E-state index contributed by atoms with van der Waals surface area (Å²) in [6, 6.07) is 3.31. The summed E-state index contributed by atoms with van der Waals surface area (Å²) in [5.74, 6) is 0.917. The number of amides is 1. The molecule has 2 rings (SSSR count). The van der Waals surface area contributed by atoms with Gasteiger partial charge >= 0.3 is 0 Å². The van der Waals surface area contributed by atoms with Crippen molar-refractivity contribution in [2.75, 3.05) is 17.6 Å². The van der Waals surface area contributed by atoms with Crippen LogP contribution in [0.4, 0.5) is 5.95 Å². The van der Waals surface area contributed by atoms with E-state index < -0.39 is 5.91 Å². The van der Waals surface area contributed by atoms with Gasteiger partial charge in [-0.2, -0.15) is 0 Å². The number of nitrogens with zero attached hydrogens (tertiary/aromatic N) is 3. The Morgan fingerprint density at radius 3 is 2.76 bits per heavy atom. The maximum absolute atomic E-state index is 11.0. The summed E-state index contributed by atoms with van der Waals surface area (Å²) in [7, 11) is 0. The van der Waals surface area contributed by atoms with Crippen molar-refractivity contribution in [1.82, 2.24) is 15.0 Å². The van der Waals surface area contributed by atoms with Crippen LogP contribution in [-0.2, 0) is 0 Å². The Bertz CT molecular complexity index is 611. The van der Waals surface area contributed by atoms with E-state index in [0.717, 1.165) is 18.7 Å². The van der Waals surface area contributed by atoms with Crippen LogP contribution in [0, 0.1) is 0 Å². The minimum Gasteiger partial charge on any atom is -0.366 e. The van der Waals surface area contributed by atoms with E-state index in [1.807, 2.05) is 0 Å². The molecule has 0 atom stereocenters. The third kappa shape index (κ3) is 4.87. The Morgan fingerprint density at radius 1 is 1.33 bits per heavy atom. The Hall–Kier alpha value is -1.86. The zero-order valence-corrected chi connectivity index (χ0v) is 12.7. The van der Waals surface area contributed by atoms with Crippen molar-refractivity contribution in [1.29, 1.82) is 0 Å². The van der Waals surface area contributed by atoms with E-state index in [1.165, 1.54) is 24.0 Å². The molecule has 0 fully saturated rings. The summed E-state index contributed by atoms with van der Waals surface area (Å²) in [5, 5.41) is 4.25. The van der Waals surface area contributed by atoms with Gasteiger partial charge in [0.2, 0.25) is 11.9 Å². The van der Waals surface area contributed by atoms with Crippen molar-refractivity contribution in [3.8, 4) is 0 Å². The summed E-state index contributed by atoms with van der Waals surface area (Å²) in [4.78, 5) is 23.3. The van der Waals surface area contributed by atoms with Gasteiger partial charge in [0.15, 0.2) is 0 Å². The van der Waals surface area contributed by atoms with Crippen LogP contribution < -0.4 is 11.1 Å². The summed E-state index contributed by atoms with van der Waals surface area (Å²) < 4.78 is 0. The lowest BCUT2D eigenvalue weighted by Gasteiger charge is -2.05. The van der Waals surface area contributed by atoms with Crippen LogP contribution in [0.3, 0.4) is 0 Å². The normalized spacial score (nSPS) is 10.3. The van der Waals surface area contributed by atoms with Crippen LogP contribution in [0.5, 0.6) is 0 Å². The second-order valence-corrected chi connectivity index (χ2v) is 5.57. The van der Waals surface area contributed by atoms with Gasteiger partial charge in [0, 0.05) is 30.9 Å². The molecule has 0 bridgehead atoms. The lowest BCUT2D eigenvalue weighted by Crippen LogP contribution is -2.11. The maximum atomic E-state index is 11.0.